The molecule has 36 heavy (non-hydrogen) atoms. The Hall–Kier alpha value is -3.07. The van der Waals surface area contributed by atoms with Crippen molar-refractivity contribution in [3.05, 3.63) is 59.7 Å². The van der Waals surface area contributed by atoms with Crippen LogP contribution in [0.2, 0.25) is 0 Å². The van der Waals surface area contributed by atoms with Crippen molar-refractivity contribution in [2.45, 2.75) is 59.0 Å². The number of anilines is 1. The zero-order valence-corrected chi connectivity index (χ0v) is 22.8. The molecule has 9 heteroatoms. The monoisotopic (exact) mass is 517 g/mol. The van der Waals surface area contributed by atoms with Crippen LogP contribution in [-0.2, 0) is 26.2 Å². The third-order valence-electron chi connectivity index (χ3n) is 6.11. The van der Waals surface area contributed by atoms with Gasteiger partial charge in [-0.2, -0.15) is 0 Å². The van der Waals surface area contributed by atoms with E-state index in [0.717, 1.165) is 30.2 Å². The molecule has 0 unspecified atom stereocenters. The number of nitrogens with zero attached hydrogens (tertiary/aromatic N) is 2. The summed E-state index contributed by atoms with van der Waals surface area (Å²) in [7, 11) is -2.00. The molecule has 2 aromatic carbocycles. The first-order valence-corrected chi connectivity index (χ1v) is 14.2. The summed E-state index contributed by atoms with van der Waals surface area (Å²) < 4.78 is 31.3. The number of carbonyl (C=O) groups is 2. The van der Waals surface area contributed by atoms with Crippen LogP contribution < -0.4 is 14.4 Å². The summed E-state index contributed by atoms with van der Waals surface area (Å²) in [6.45, 7) is 6.78. The van der Waals surface area contributed by atoms with Crippen molar-refractivity contribution in [1.29, 1.82) is 0 Å². The highest BCUT2D eigenvalue weighted by Gasteiger charge is 2.27. The maximum Gasteiger partial charge on any atom is 0.242 e. The van der Waals surface area contributed by atoms with E-state index in [1.807, 2.05) is 31.2 Å². The largest absolute Gasteiger partial charge is 0.497 e. The second-order valence-corrected chi connectivity index (χ2v) is 10.8. The molecule has 0 bridgehead atoms. The number of carbonyl (C=O) groups excluding carboxylic acids is 2. The summed E-state index contributed by atoms with van der Waals surface area (Å²) in [4.78, 5) is 27.7. The molecule has 2 aromatic rings. The molecule has 2 rings (SSSR count). The topological polar surface area (TPSA) is 96.0 Å². The van der Waals surface area contributed by atoms with Gasteiger partial charge in [-0.15, -0.1) is 0 Å². The van der Waals surface area contributed by atoms with Gasteiger partial charge in [-0.1, -0.05) is 37.6 Å². The number of methoxy groups -OCH3 is 1. The molecule has 0 saturated carbocycles. The van der Waals surface area contributed by atoms with E-state index in [-0.39, 0.29) is 24.8 Å². The highest BCUT2D eigenvalue weighted by atomic mass is 32.2. The van der Waals surface area contributed by atoms with Crippen molar-refractivity contribution in [2.24, 2.45) is 0 Å². The Morgan fingerprint density at radius 1 is 1.06 bits per heavy atom. The van der Waals surface area contributed by atoms with Gasteiger partial charge in [0.15, 0.2) is 0 Å². The highest BCUT2D eigenvalue weighted by molar-refractivity contribution is 7.92. The van der Waals surface area contributed by atoms with Crippen molar-refractivity contribution in [2.75, 3.05) is 30.8 Å². The zero-order valence-electron chi connectivity index (χ0n) is 22.0. The SMILES string of the molecule is CCCCNC(=O)[C@H](C)N(Cc1ccccc1C)C(=O)CCCN(c1ccc(OC)cc1)S(C)(=O)=O. The molecule has 0 aliphatic carbocycles. The van der Waals surface area contributed by atoms with Gasteiger partial charge in [-0.3, -0.25) is 13.9 Å². The summed E-state index contributed by atoms with van der Waals surface area (Å²) in [6, 6.07) is 13.9. The Labute approximate surface area is 215 Å². The van der Waals surface area contributed by atoms with E-state index in [4.69, 9.17) is 4.74 Å². The first-order valence-electron chi connectivity index (χ1n) is 12.3. The van der Waals surface area contributed by atoms with Crippen LogP contribution >= 0.6 is 0 Å². The minimum atomic E-state index is -3.55. The van der Waals surface area contributed by atoms with Crippen LogP contribution in [0, 0.1) is 6.92 Å². The fourth-order valence-electron chi connectivity index (χ4n) is 3.84. The smallest absolute Gasteiger partial charge is 0.242 e. The summed E-state index contributed by atoms with van der Waals surface area (Å²) in [6.07, 6.45) is 3.40. The summed E-state index contributed by atoms with van der Waals surface area (Å²) >= 11 is 0. The van der Waals surface area contributed by atoms with E-state index in [2.05, 4.69) is 12.2 Å². The molecular formula is C27H39N3O5S. The molecule has 0 aliphatic heterocycles. The first-order chi connectivity index (χ1) is 17.1. The van der Waals surface area contributed by atoms with Crippen molar-refractivity contribution < 1.29 is 22.7 Å². The zero-order chi connectivity index (χ0) is 26.7. The number of amides is 2. The molecule has 0 spiro atoms. The van der Waals surface area contributed by atoms with Gasteiger partial charge in [-0.25, -0.2) is 8.42 Å². The molecule has 1 N–H and O–H groups in total. The molecule has 0 heterocycles. The van der Waals surface area contributed by atoms with E-state index in [9.17, 15) is 18.0 Å². The van der Waals surface area contributed by atoms with Gasteiger partial charge in [0.2, 0.25) is 21.8 Å². The third-order valence-corrected chi connectivity index (χ3v) is 7.31. The van der Waals surface area contributed by atoms with Gasteiger partial charge in [0.1, 0.15) is 11.8 Å². The highest BCUT2D eigenvalue weighted by Crippen LogP contribution is 2.22. The van der Waals surface area contributed by atoms with Crippen molar-refractivity contribution in [3.8, 4) is 5.75 Å². The molecule has 8 nitrogen and oxygen atoms in total. The van der Waals surface area contributed by atoms with E-state index in [1.165, 1.54) is 4.31 Å². The van der Waals surface area contributed by atoms with Gasteiger partial charge >= 0.3 is 0 Å². The summed E-state index contributed by atoms with van der Waals surface area (Å²) in [5, 5.41) is 2.91. The quantitative estimate of drug-likeness (QED) is 0.384. The Bertz CT molecular complexity index is 1100. The lowest BCUT2D eigenvalue weighted by Crippen LogP contribution is -2.48. The molecule has 2 amide bonds. The lowest BCUT2D eigenvalue weighted by molar-refractivity contribution is -0.140. The number of ether oxygens (including phenoxy) is 1. The Morgan fingerprint density at radius 2 is 1.72 bits per heavy atom. The number of benzene rings is 2. The number of rotatable bonds is 14. The molecule has 0 aromatic heterocycles. The molecule has 198 valence electrons. The average molecular weight is 518 g/mol. The molecular weight excluding hydrogens is 478 g/mol. The number of aryl methyl sites for hydroxylation is 1. The van der Waals surface area contributed by atoms with E-state index >= 15 is 0 Å². The molecule has 0 fully saturated rings. The number of sulfonamides is 1. The van der Waals surface area contributed by atoms with Crippen LogP contribution in [0.5, 0.6) is 5.75 Å². The van der Waals surface area contributed by atoms with Crippen LogP contribution in [0.4, 0.5) is 5.69 Å². The predicted molar refractivity (Wildman–Crippen MR) is 144 cm³/mol. The molecule has 0 saturated heterocycles. The Morgan fingerprint density at radius 3 is 2.31 bits per heavy atom. The van der Waals surface area contributed by atoms with E-state index < -0.39 is 16.1 Å². The molecule has 0 aliphatic rings. The van der Waals surface area contributed by atoms with Crippen LogP contribution in [0.15, 0.2) is 48.5 Å². The van der Waals surface area contributed by atoms with Crippen LogP contribution in [0.1, 0.15) is 50.7 Å². The minimum absolute atomic E-state index is 0.112. The van der Waals surface area contributed by atoms with Gasteiger partial charge in [0.05, 0.1) is 19.1 Å². The average Bonchev–Trinajstić information content (AvgIpc) is 2.85. The second kappa shape index (κ2) is 13.9. The second-order valence-electron chi connectivity index (χ2n) is 8.91. The van der Waals surface area contributed by atoms with Crippen LogP contribution in [0.3, 0.4) is 0 Å². The van der Waals surface area contributed by atoms with Gasteiger partial charge in [0.25, 0.3) is 0 Å². The van der Waals surface area contributed by atoms with Crippen molar-refractivity contribution >= 4 is 27.5 Å². The van der Waals surface area contributed by atoms with E-state index in [1.54, 1.807) is 43.2 Å². The lowest BCUT2D eigenvalue weighted by Gasteiger charge is -2.30. The summed E-state index contributed by atoms with van der Waals surface area (Å²) in [5.41, 5.74) is 2.51. The fraction of sp³-hybridized carbons (Fsp3) is 0.481. The standard InChI is InChI=1S/C27H39N3O5S/c1-6-7-18-28-27(32)22(3)29(20-23-12-9-8-11-21(23)2)26(31)13-10-19-30(36(5,33)34)24-14-16-25(35-4)17-15-24/h8-9,11-12,14-17,22H,6-7,10,13,18-20H2,1-5H3,(H,28,32)/t22-/m0/s1. The van der Waals surface area contributed by atoms with Gasteiger partial charge in [0, 0.05) is 26.1 Å². The van der Waals surface area contributed by atoms with Gasteiger partial charge in [-0.05, 0) is 62.1 Å². The van der Waals surface area contributed by atoms with Crippen LogP contribution in [-0.4, -0.2) is 57.6 Å². The number of unbranched alkanes of at least 4 members (excludes halogenated alkanes) is 1. The fourth-order valence-corrected chi connectivity index (χ4v) is 4.81. The number of hydrogen-bond acceptors (Lipinski definition) is 5. The third kappa shape index (κ3) is 8.55. The maximum atomic E-state index is 13.3. The Kier molecular flexibility index (Phi) is 11.2. The van der Waals surface area contributed by atoms with Crippen LogP contribution in [0.25, 0.3) is 0 Å². The van der Waals surface area contributed by atoms with Crippen molar-refractivity contribution in [3.63, 3.8) is 0 Å². The predicted octanol–water partition coefficient (Wildman–Crippen LogP) is 3.88. The maximum absolute atomic E-state index is 13.3. The molecule has 0 radical (unpaired) electrons. The van der Waals surface area contributed by atoms with E-state index in [0.29, 0.717) is 30.9 Å². The first kappa shape index (κ1) is 29.2. The van der Waals surface area contributed by atoms with Crippen molar-refractivity contribution in [1.82, 2.24) is 10.2 Å². The normalized spacial score (nSPS) is 12.0. The lowest BCUT2D eigenvalue weighted by atomic mass is 10.1. The number of nitrogens with one attached hydrogen (secondary N) is 1. The minimum Gasteiger partial charge on any atom is -0.497 e. The summed E-state index contributed by atoms with van der Waals surface area (Å²) in [5.74, 6) is 0.237. The van der Waals surface area contributed by atoms with Gasteiger partial charge < -0.3 is 15.0 Å². The molecule has 1 atom stereocenters. The Balaban J connectivity index is 2.15. The number of hydrogen-bond donors (Lipinski definition) is 1.